The normalized spacial score (nSPS) is 10.1. The zero-order valence-electron chi connectivity index (χ0n) is 11.2. The summed E-state index contributed by atoms with van der Waals surface area (Å²) in [5.41, 5.74) is -0.00457. The van der Waals surface area contributed by atoms with E-state index in [0.29, 0.717) is 31.1 Å². The third-order valence-corrected chi connectivity index (χ3v) is 2.67. The maximum absolute atomic E-state index is 12.7. The topological polar surface area (TPSA) is 61.6 Å². The minimum atomic E-state index is -0.468. The van der Waals surface area contributed by atoms with E-state index in [1.54, 1.807) is 24.3 Å². The summed E-state index contributed by atoms with van der Waals surface area (Å²) in [6, 6.07) is 11.8. The quantitative estimate of drug-likeness (QED) is 0.444. The van der Waals surface area contributed by atoms with Crippen LogP contribution in [0, 0.1) is 15.9 Å². The van der Waals surface area contributed by atoms with Crippen molar-refractivity contribution in [2.75, 3.05) is 13.2 Å². The molecule has 2 aromatic carbocycles. The molecule has 0 unspecified atom stereocenters. The number of hydrogen-bond acceptors (Lipinski definition) is 4. The number of rotatable bonds is 7. The Morgan fingerprint density at radius 1 is 1.00 bits per heavy atom. The summed E-state index contributed by atoms with van der Waals surface area (Å²) < 4.78 is 23.5. The van der Waals surface area contributed by atoms with Crippen LogP contribution >= 0.6 is 0 Å². The van der Waals surface area contributed by atoms with Crippen LogP contribution in [-0.2, 0) is 0 Å². The van der Waals surface area contributed by atoms with E-state index in [9.17, 15) is 14.5 Å². The van der Waals surface area contributed by atoms with Crippen molar-refractivity contribution in [2.45, 2.75) is 6.42 Å². The van der Waals surface area contributed by atoms with Crippen LogP contribution in [0.3, 0.4) is 0 Å². The third kappa shape index (κ3) is 4.76. The Balaban J connectivity index is 1.71. The van der Waals surface area contributed by atoms with Gasteiger partial charge in [-0.05, 0) is 30.3 Å². The first-order chi connectivity index (χ1) is 10.1. The van der Waals surface area contributed by atoms with Gasteiger partial charge in [-0.15, -0.1) is 0 Å². The molecule has 0 fully saturated rings. The van der Waals surface area contributed by atoms with E-state index in [4.69, 9.17) is 9.47 Å². The molecule has 2 aromatic rings. The number of nitrogens with zero attached hydrogens (tertiary/aromatic N) is 1. The molecule has 6 heteroatoms. The number of halogens is 1. The van der Waals surface area contributed by atoms with Gasteiger partial charge in [-0.2, -0.15) is 0 Å². The fourth-order valence-corrected chi connectivity index (χ4v) is 1.66. The van der Waals surface area contributed by atoms with E-state index in [1.165, 1.54) is 24.3 Å². The summed E-state index contributed by atoms with van der Waals surface area (Å²) in [7, 11) is 0. The van der Waals surface area contributed by atoms with Crippen molar-refractivity contribution in [3.8, 4) is 11.5 Å². The van der Waals surface area contributed by atoms with Crippen LogP contribution in [0.4, 0.5) is 10.1 Å². The number of nitro groups is 1. The highest BCUT2D eigenvalue weighted by atomic mass is 19.1. The molecule has 0 aliphatic rings. The van der Waals surface area contributed by atoms with Crippen LogP contribution in [-0.4, -0.2) is 18.1 Å². The van der Waals surface area contributed by atoms with E-state index in [1.807, 2.05) is 0 Å². The first-order valence-electron chi connectivity index (χ1n) is 6.41. The molecule has 21 heavy (non-hydrogen) atoms. The van der Waals surface area contributed by atoms with Crippen LogP contribution < -0.4 is 9.47 Å². The molecule has 0 N–H and O–H groups in total. The summed E-state index contributed by atoms with van der Waals surface area (Å²) in [6.07, 6.45) is 0.611. The van der Waals surface area contributed by atoms with E-state index in [-0.39, 0.29) is 11.5 Å². The summed E-state index contributed by atoms with van der Waals surface area (Å²) in [4.78, 5) is 10.1. The highest BCUT2D eigenvalue weighted by molar-refractivity contribution is 5.37. The number of benzene rings is 2. The lowest BCUT2D eigenvalue weighted by Crippen LogP contribution is -2.05. The van der Waals surface area contributed by atoms with E-state index in [0.717, 1.165) is 0 Å². The molecule has 0 aliphatic carbocycles. The molecule has 110 valence electrons. The zero-order valence-corrected chi connectivity index (χ0v) is 11.2. The van der Waals surface area contributed by atoms with Crippen molar-refractivity contribution < 1.29 is 18.8 Å². The lowest BCUT2D eigenvalue weighted by Gasteiger charge is -2.07. The van der Waals surface area contributed by atoms with Crippen molar-refractivity contribution in [1.82, 2.24) is 0 Å². The second-order valence-corrected chi connectivity index (χ2v) is 4.26. The van der Waals surface area contributed by atoms with Gasteiger partial charge >= 0.3 is 0 Å². The average Bonchev–Trinajstić information content (AvgIpc) is 2.49. The molecule has 5 nitrogen and oxygen atoms in total. The highest BCUT2D eigenvalue weighted by Crippen LogP contribution is 2.19. The molecule has 0 atom stereocenters. The molecule has 2 rings (SSSR count). The van der Waals surface area contributed by atoms with E-state index in [2.05, 4.69) is 0 Å². The predicted octanol–water partition coefficient (Wildman–Crippen LogP) is 3.58. The maximum Gasteiger partial charge on any atom is 0.273 e. The maximum atomic E-state index is 12.7. The first-order valence-corrected chi connectivity index (χ1v) is 6.41. The highest BCUT2D eigenvalue weighted by Gasteiger charge is 2.05. The van der Waals surface area contributed by atoms with Crippen molar-refractivity contribution in [3.63, 3.8) is 0 Å². The molecule has 0 bridgehead atoms. The van der Waals surface area contributed by atoms with E-state index >= 15 is 0 Å². The number of non-ortho nitro benzene ring substituents is 1. The van der Waals surface area contributed by atoms with E-state index < -0.39 is 4.92 Å². The van der Waals surface area contributed by atoms with Crippen LogP contribution in [0.25, 0.3) is 0 Å². The number of ether oxygens (including phenoxy) is 2. The molecule has 0 radical (unpaired) electrons. The minimum Gasteiger partial charge on any atom is -0.493 e. The monoisotopic (exact) mass is 291 g/mol. The van der Waals surface area contributed by atoms with Gasteiger partial charge in [-0.3, -0.25) is 10.1 Å². The molecule has 0 spiro atoms. The largest absolute Gasteiger partial charge is 0.493 e. The second-order valence-electron chi connectivity index (χ2n) is 4.26. The SMILES string of the molecule is O=[N+]([O-])c1cccc(OCCCOc2ccc(F)cc2)c1. The molecule has 0 heterocycles. The van der Waals surface area contributed by atoms with Gasteiger partial charge in [0.25, 0.3) is 5.69 Å². The van der Waals surface area contributed by atoms with Crippen molar-refractivity contribution in [3.05, 3.63) is 64.5 Å². The number of nitro benzene ring substituents is 1. The van der Waals surface area contributed by atoms with Crippen LogP contribution in [0.1, 0.15) is 6.42 Å². The fraction of sp³-hybridized carbons (Fsp3) is 0.200. The Hall–Kier alpha value is -2.63. The molecule has 0 aromatic heterocycles. The van der Waals surface area contributed by atoms with Gasteiger partial charge in [0.1, 0.15) is 17.3 Å². The molecular weight excluding hydrogens is 277 g/mol. The Labute approximate surface area is 121 Å². The Morgan fingerprint density at radius 3 is 2.33 bits per heavy atom. The minimum absolute atomic E-state index is 0.00457. The van der Waals surface area contributed by atoms with Gasteiger partial charge in [-0.1, -0.05) is 6.07 Å². The fourth-order valence-electron chi connectivity index (χ4n) is 1.66. The van der Waals surface area contributed by atoms with Gasteiger partial charge < -0.3 is 9.47 Å². The van der Waals surface area contributed by atoms with Crippen molar-refractivity contribution in [1.29, 1.82) is 0 Å². The Bertz CT molecular complexity index is 601. The summed E-state index contributed by atoms with van der Waals surface area (Å²) in [5.74, 6) is 0.731. The zero-order chi connectivity index (χ0) is 15.1. The van der Waals surface area contributed by atoms with Gasteiger partial charge in [0.05, 0.1) is 24.2 Å². The Kier molecular flexibility index (Phi) is 5.09. The predicted molar refractivity (Wildman–Crippen MR) is 75.1 cm³/mol. The summed E-state index contributed by atoms with van der Waals surface area (Å²) in [5, 5.41) is 10.6. The number of hydrogen-bond donors (Lipinski definition) is 0. The average molecular weight is 291 g/mol. The smallest absolute Gasteiger partial charge is 0.273 e. The lowest BCUT2D eigenvalue weighted by molar-refractivity contribution is -0.384. The second kappa shape index (κ2) is 7.23. The van der Waals surface area contributed by atoms with Gasteiger partial charge in [0.2, 0.25) is 0 Å². The van der Waals surface area contributed by atoms with Crippen molar-refractivity contribution in [2.24, 2.45) is 0 Å². The lowest BCUT2D eigenvalue weighted by atomic mass is 10.3. The molecular formula is C15H14FNO4. The van der Waals surface area contributed by atoms with Gasteiger partial charge in [0.15, 0.2) is 0 Å². The molecule has 0 amide bonds. The van der Waals surface area contributed by atoms with Crippen molar-refractivity contribution >= 4 is 5.69 Å². The molecule has 0 saturated carbocycles. The van der Waals surface area contributed by atoms with Crippen LogP contribution in [0.5, 0.6) is 11.5 Å². The Morgan fingerprint density at radius 2 is 1.67 bits per heavy atom. The van der Waals surface area contributed by atoms with Gasteiger partial charge in [0, 0.05) is 12.5 Å². The third-order valence-electron chi connectivity index (χ3n) is 2.67. The van der Waals surface area contributed by atoms with Crippen LogP contribution in [0.15, 0.2) is 48.5 Å². The summed E-state index contributed by atoms with van der Waals surface area (Å²) in [6.45, 7) is 0.795. The molecule has 0 aliphatic heterocycles. The first kappa shape index (κ1) is 14.8. The standard InChI is InChI=1S/C15H14FNO4/c16-12-5-7-14(8-6-12)20-9-2-10-21-15-4-1-3-13(11-15)17(18)19/h1,3-8,11H,2,9-10H2. The van der Waals surface area contributed by atoms with Gasteiger partial charge in [-0.25, -0.2) is 4.39 Å². The van der Waals surface area contributed by atoms with Crippen LogP contribution in [0.2, 0.25) is 0 Å². The summed E-state index contributed by atoms with van der Waals surface area (Å²) >= 11 is 0. The molecule has 0 saturated heterocycles.